The summed E-state index contributed by atoms with van der Waals surface area (Å²) in [5.41, 5.74) is 1.73. The number of rotatable bonds is 10. The van der Waals surface area contributed by atoms with Crippen LogP contribution in [0.5, 0.6) is 0 Å². The van der Waals surface area contributed by atoms with E-state index < -0.39 is 6.04 Å². The zero-order valence-corrected chi connectivity index (χ0v) is 22.7. The Morgan fingerprint density at radius 3 is 2.36 bits per heavy atom. The second-order valence-corrected chi connectivity index (χ2v) is 10.8. The molecule has 7 nitrogen and oxygen atoms in total. The van der Waals surface area contributed by atoms with Gasteiger partial charge in [-0.2, -0.15) is 0 Å². The number of likely N-dealkylation sites (N-methyl/N-ethyl adjacent to an activating group) is 1. The molecule has 0 aromatic heterocycles. The van der Waals surface area contributed by atoms with Gasteiger partial charge in [-0.15, -0.1) is 0 Å². The van der Waals surface area contributed by atoms with Gasteiger partial charge in [0.1, 0.15) is 6.04 Å². The van der Waals surface area contributed by atoms with Crippen molar-refractivity contribution in [2.24, 2.45) is 11.8 Å². The molecule has 36 heavy (non-hydrogen) atoms. The fourth-order valence-corrected chi connectivity index (χ4v) is 5.57. The third-order valence-corrected chi connectivity index (χ3v) is 8.10. The summed E-state index contributed by atoms with van der Waals surface area (Å²) >= 11 is 0. The van der Waals surface area contributed by atoms with Crippen LogP contribution in [0.3, 0.4) is 0 Å². The Balaban J connectivity index is 1.63. The molecule has 1 aromatic carbocycles. The molecule has 0 spiro atoms. The number of piperazine rings is 1. The first kappa shape index (κ1) is 28.2. The first-order chi connectivity index (χ1) is 17.3. The lowest BCUT2D eigenvalue weighted by Crippen LogP contribution is -2.58. The average molecular weight is 499 g/mol. The monoisotopic (exact) mass is 498 g/mol. The van der Waals surface area contributed by atoms with Crippen LogP contribution in [0.1, 0.15) is 77.7 Å². The predicted molar refractivity (Wildman–Crippen MR) is 145 cm³/mol. The number of amides is 3. The van der Waals surface area contributed by atoms with Crippen molar-refractivity contribution in [3.05, 3.63) is 29.8 Å². The summed E-state index contributed by atoms with van der Waals surface area (Å²) in [4.78, 5) is 42.8. The predicted octanol–water partition coefficient (Wildman–Crippen LogP) is 4.22. The fourth-order valence-electron chi connectivity index (χ4n) is 5.57. The van der Waals surface area contributed by atoms with Crippen molar-refractivity contribution in [1.82, 2.24) is 15.1 Å². The molecule has 1 aliphatic heterocycles. The third-order valence-electron chi connectivity index (χ3n) is 8.10. The van der Waals surface area contributed by atoms with Crippen LogP contribution >= 0.6 is 0 Å². The minimum absolute atomic E-state index is 0.00955. The lowest BCUT2D eigenvalue weighted by Gasteiger charge is -2.40. The van der Waals surface area contributed by atoms with Gasteiger partial charge < -0.3 is 15.5 Å². The highest BCUT2D eigenvalue weighted by atomic mass is 16.2. The normalized spacial score (nSPS) is 21.0. The van der Waals surface area contributed by atoms with Crippen LogP contribution in [0.2, 0.25) is 0 Å². The maximum absolute atomic E-state index is 13.5. The van der Waals surface area contributed by atoms with Crippen LogP contribution in [0.15, 0.2) is 24.3 Å². The average Bonchev–Trinajstić information content (AvgIpc) is 2.90. The van der Waals surface area contributed by atoms with Gasteiger partial charge in [0.05, 0.1) is 0 Å². The fraction of sp³-hybridized carbons (Fsp3) is 0.690. The second-order valence-electron chi connectivity index (χ2n) is 10.8. The van der Waals surface area contributed by atoms with Gasteiger partial charge >= 0.3 is 0 Å². The highest BCUT2D eigenvalue weighted by Gasteiger charge is 2.32. The smallest absolute Gasteiger partial charge is 0.245 e. The van der Waals surface area contributed by atoms with E-state index in [1.54, 1.807) is 6.92 Å². The molecule has 7 heteroatoms. The Morgan fingerprint density at radius 1 is 1.03 bits per heavy atom. The van der Waals surface area contributed by atoms with Crippen molar-refractivity contribution in [3.63, 3.8) is 0 Å². The minimum Gasteiger partial charge on any atom is -0.344 e. The minimum atomic E-state index is -0.588. The lowest BCUT2D eigenvalue weighted by atomic mass is 9.80. The molecular formula is C29H46N4O3. The van der Waals surface area contributed by atoms with Crippen LogP contribution in [-0.4, -0.2) is 66.3 Å². The van der Waals surface area contributed by atoms with E-state index in [1.165, 1.54) is 19.3 Å². The maximum Gasteiger partial charge on any atom is 0.245 e. The number of carbonyl (C=O) groups is 3. The number of nitrogens with one attached hydrogen (secondary N) is 2. The molecule has 0 bridgehead atoms. The topological polar surface area (TPSA) is 81.8 Å². The largest absolute Gasteiger partial charge is 0.344 e. The highest BCUT2D eigenvalue weighted by molar-refractivity contribution is 5.92. The zero-order valence-electron chi connectivity index (χ0n) is 22.7. The van der Waals surface area contributed by atoms with Crippen molar-refractivity contribution in [2.45, 2.75) is 90.6 Å². The maximum atomic E-state index is 13.5. The lowest BCUT2D eigenvalue weighted by molar-refractivity contribution is -0.138. The molecule has 2 unspecified atom stereocenters. The van der Waals surface area contributed by atoms with E-state index >= 15 is 0 Å². The van der Waals surface area contributed by atoms with Gasteiger partial charge in [-0.1, -0.05) is 58.6 Å². The molecule has 1 aliphatic carbocycles. The van der Waals surface area contributed by atoms with E-state index in [1.807, 2.05) is 36.1 Å². The van der Waals surface area contributed by atoms with E-state index in [2.05, 4.69) is 29.5 Å². The van der Waals surface area contributed by atoms with Crippen molar-refractivity contribution in [3.8, 4) is 0 Å². The number of hydrogen-bond acceptors (Lipinski definition) is 4. The van der Waals surface area contributed by atoms with Gasteiger partial charge in [0.2, 0.25) is 17.7 Å². The van der Waals surface area contributed by atoms with Gasteiger partial charge in [-0.25, -0.2) is 0 Å². The van der Waals surface area contributed by atoms with E-state index in [0.717, 1.165) is 43.5 Å². The Morgan fingerprint density at radius 2 is 1.72 bits per heavy atom. The number of carbonyl (C=O) groups excluding carboxylic acids is 3. The Bertz CT molecular complexity index is 866. The van der Waals surface area contributed by atoms with Gasteiger partial charge in [0, 0.05) is 50.1 Å². The van der Waals surface area contributed by atoms with E-state index in [0.29, 0.717) is 37.9 Å². The number of nitrogens with zero attached hydrogens (tertiary/aromatic N) is 2. The molecule has 2 fully saturated rings. The molecule has 0 radical (unpaired) electrons. The van der Waals surface area contributed by atoms with Crippen molar-refractivity contribution >= 4 is 23.4 Å². The number of benzene rings is 1. The van der Waals surface area contributed by atoms with Crippen LogP contribution in [0, 0.1) is 11.8 Å². The van der Waals surface area contributed by atoms with E-state index in [4.69, 9.17) is 0 Å². The molecule has 3 amide bonds. The van der Waals surface area contributed by atoms with Gasteiger partial charge in [-0.3, -0.25) is 19.3 Å². The SMILES string of the molecule is CCCC1CN(C(=O)C(Cc2ccc(NC(=O)[C@@H](C)C3CCCCC3)cc2)NC(=O)CC)CCN1C. The summed E-state index contributed by atoms with van der Waals surface area (Å²) in [5, 5.41) is 6.02. The Labute approximate surface area is 217 Å². The molecular weight excluding hydrogens is 452 g/mol. The van der Waals surface area contributed by atoms with Gasteiger partial charge in [0.15, 0.2) is 0 Å². The number of anilines is 1. The van der Waals surface area contributed by atoms with Crippen LogP contribution in [-0.2, 0) is 20.8 Å². The molecule has 1 heterocycles. The molecule has 1 saturated carbocycles. The van der Waals surface area contributed by atoms with Crippen molar-refractivity contribution in [1.29, 1.82) is 0 Å². The van der Waals surface area contributed by atoms with Crippen molar-refractivity contribution < 1.29 is 14.4 Å². The number of hydrogen-bond donors (Lipinski definition) is 2. The summed E-state index contributed by atoms with van der Waals surface area (Å²) in [6, 6.07) is 7.46. The summed E-state index contributed by atoms with van der Waals surface area (Å²) in [6.07, 6.45) is 8.91. The van der Waals surface area contributed by atoms with Crippen LogP contribution < -0.4 is 10.6 Å². The summed E-state index contributed by atoms with van der Waals surface area (Å²) in [6.45, 7) is 8.23. The molecule has 2 N–H and O–H groups in total. The molecule has 3 rings (SSSR count). The summed E-state index contributed by atoms with van der Waals surface area (Å²) in [7, 11) is 2.12. The van der Waals surface area contributed by atoms with Crippen molar-refractivity contribution in [2.75, 3.05) is 32.0 Å². The van der Waals surface area contributed by atoms with E-state index in [9.17, 15) is 14.4 Å². The second kappa shape index (κ2) is 13.8. The summed E-state index contributed by atoms with van der Waals surface area (Å²) in [5.74, 6) is 0.433. The Hall–Kier alpha value is -2.41. The summed E-state index contributed by atoms with van der Waals surface area (Å²) < 4.78 is 0. The molecule has 1 aromatic rings. The highest BCUT2D eigenvalue weighted by Crippen LogP contribution is 2.30. The van der Waals surface area contributed by atoms with Crippen LogP contribution in [0.25, 0.3) is 0 Å². The molecule has 3 atom stereocenters. The van der Waals surface area contributed by atoms with Gasteiger partial charge in [0.25, 0.3) is 0 Å². The van der Waals surface area contributed by atoms with Crippen LogP contribution in [0.4, 0.5) is 5.69 Å². The molecule has 2 aliphatic rings. The standard InChI is InChI=1S/C29H46N4O3/c1-5-10-25-20-33(18-17-32(25)4)29(36)26(31-27(34)6-2)19-22-13-15-24(16-14-22)30-28(35)21(3)23-11-8-7-9-12-23/h13-16,21,23,25-26H,5-12,17-20H2,1-4H3,(H,30,35)(H,31,34)/t21-,25?,26?/m0/s1. The van der Waals surface area contributed by atoms with E-state index in [-0.39, 0.29) is 23.6 Å². The van der Waals surface area contributed by atoms with Gasteiger partial charge in [-0.05, 0) is 49.9 Å². The quantitative estimate of drug-likeness (QED) is 0.506. The first-order valence-corrected chi connectivity index (χ1v) is 14.0. The molecule has 1 saturated heterocycles. The zero-order chi connectivity index (χ0) is 26.1. The molecule has 200 valence electrons. The Kier molecular flexibility index (Phi) is 10.8. The first-order valence-electron chi connectivity index (χ1n) is 14.0. The third kappa shape index (κ3) is 7.79.